The van der Waals surface area contributed by atoms with Crippen LogP contribution in [-0.2, 0) is 10.2 Å². The van der Waals surface area contributed by atoms with E-state index in [1.54, 1.807) is 20.0 Å². The molecule has 0 unspecified atom stereocenters. The van der Waals surface area contributed by atoms with Crippen molar-refractivity contribution in [1.29, 1.82) is 0 Å². The van der Waals surface area contributed by atoms with Crippen LogP contribution in [0.4, 0.5) is 0 Å². The van der Waals surface area contributed by atoms with Gasteiger partial charge in [-0.3, -0.25) is 9.78 Å². The number of carbonyl (C=O) groups is 1. The molecule has 0 fully saturated rings. The molecule has 0 aliphatic carbocycles. The summed E-state index contributed by atoms with van der Waals surface area (Å²) in [4.78, 5) is 15.4. The summed E-state index contributed by atoms with van der Waals surface area (Å²) < 4.78 is 0. The molecule has 1 aromatic carbocycles. The first kappa shape index (κ1) is 10.6. The van der Waals surface area contributed by atoms with Gasteiger partial charge in [-0.25, -0.2) is 0 Å². The molecule has 0 aliphatic heterocycles. The third-order valence-corrected chi connectivity index (χ3v) is 2.86. The van der Waals surface area contributed by atoms with Gasteiger partial charge in [0, 0.05) is 11.6 Å². The first-order valence-corrected chi connectivity index (χ1v) is 5.10. The van der Waals surface area contributed by atoms with Gasteiger partial charge in [-0.2, -0.15) is 0 Å². The van der Waals surface area contributed by atoms with Crippen LogP contribution in [0.1, 0.15) is 19.4 Å². The number of aromatic nitrogens is 1. The number of benzene rings is 1. The smallest absolute Gasteiger partial charge is 0.313 e. The fourth-order valence-electron chi connectivity index (χ4n) is 1.58. The molecule has 1 aromatic heterocycles. The van der Waals surface area contributed by atoms with Crippen LogP contribution in [0.2, 0.25) is 0 Å². The quantitative estimate of drug-likeness (QED) is 0.837. The van der Waals surface area contributed by atoms with Gasteiger partial charge in [0.15, 0.2) is 0 Å². The second-order valence-electron chi connectivity index (χ2n) is 4.34. The van der Waals surface area contributed by atoms with E-state index in [1.165, 1.54) is 0 Å². The molecule has 0 bridgehead atoms. The van der Waals surface area contributed by atoms with Crippen molar-refractivity contribution >= 4 is 16.9 Å². The molecule has 3 heteroatoms. The number of hydrogen-bond donors (Lipinski definition) is 1. The molecule has 82 valence electrons. The van der Waals surface area contributed by atoms with Crippen molar-refractivity contribution in [3.05, 3.63) is 42.1 Å². The Hall–Kier alpha value is -1.90. The molecule has 0 saturated heterocycles. The van der Waals surface area contributed by atoms with Gasteiger partial charge in [0.25, 0.3) is 0 Å². The van der Waals surface area contributed by atoms with Crippen LogP contribution in [-0.4, -0.2) is 16.1 Å². The highest BCUT2D eigenvalue weighted by atomic mass is 16.4. The van der Waals surface area contributed by atoms with Gasteiger partial charge in [-0.15, -0.1) is 0 Å². The van der Waals surface area contributed by atoms with E-state index < -0.39 is 11.4 Å². The van der Waals surface area contributed by atoms with Gasteiger partial charge < -0.3 is 5.11 Å². The summed E-state index contributed by atoms with van der Waals surface area (Å²) in [5.41, 5.74) is 0.714. The van der Waals surface area contributed by atoms with Crippen molar-refractivity contribution in [2.75, 3.05) is 0 Å². The molecular formula is C13H13NO2. The topological polar surface area (TPSA) is 50.2 Å². The number of rotatable bonds is 2. The SMILES string of the molecule is CC(C)(C(=O)O)c1ccc2cccnc2c1. The standard InChI is InChI=1S/C13H13NO2/c1-13(2,12(15)16)10-6-5-9-4-3-7-14-11(9)8-10/h3-8H,1-2H3,(H,15,16). The maximum Gasteiger partial charge on any atom is 0.313 e. The van der Waals surface area contributed by atoms with Gasteiger partial charge in [0.2, 0.25) is 0 Å². The molecule has 1 N–H and O–H groups in total. The third-order valence-electron chi connectivity index (χ3n) is 2.86. The highest BCUT2D eigenvalue weighted by Gasteiger charge is 2.29. The van der Waals surface area contributed by atoms with Crippen LogP contribution < -0.4 is 0 Å². The van der Waals surface area contributed by atoms with Crippen LogP contribution >= 0.6 is 0 Å². The highest BCUT2D eigenvalue weighted by molar-refractivity contribution is 5.84. The first-order chi connectivity index (χ1) is 7.51. The molecule has 0 atom stereocenters. The monoisotopic (exact) mass is 215 g/mol. The van der Waals surface area contributed by atoms with E-state index in [0.717, 1.165) is 16.5 Å². The van der Waals surface area contributed by atoms with Crippen molar-refractivity contribution in [1.82, 2.24) is 4.98 Å². The lowest BCUT2D eigenvalue weighted by molar-refractivity contribution is -0.142. The molecule has 3 nitrogen and oxygen atoms in total. The minimum Gasteiger partial charge on any atom is -0.481 e. The average molecular weight is 215 g/mol. The van der Waals surface area contributed by atoms with Crippen molar-refractivity contribution in [3.8, 4) is 0 Å². The number of pyridine rings is 1. The summed E-state index contributed by atoms with van der Waals surface area (Å²) in [7, 11) is 0. The summed E-state index contributed by atoms with van der Waals surface area (Å²) >= 11 is 0. The zero-order valence-electron chi connectivity index (χ0n) is 9.27. The Morgan fingerprint density at radius 3 is 2.75 bits per heavy atom. The van der Waals surface area contributed by atoms with Crippen LogP contribution in [0.25, 0.3) is 10.9 Å². The first-order valence-electron chi connectivity index (χ1n) is 5.10. The van der Waals surface area contributed by atoms with E-state index in [1.807, 2.05) is 30.3 Å². The van der Waals surface area contributed by atoms with E-state index in [2.05, 4.69) is 4.98 Å². The van der Waals surface area contributed by atoms with Crippen LogP contribution in [0.15, 0.2) is 36.5 Å². The third kappa shape index (κ3) is 1.65. The molecule has 2 rings (SSSR count). The Balaban J connectivity index is 2.59. The van der Waals surface area contributed by atoms with E-state index in [-0.39, 0.29) is 0 Å². The summed E-state index contributed by atoms with van der Waals surface area (Å²) in [5.74, 6) is -0.831. The zero-order chi connectivity index (χ0) is 11.8. The van der Waals surface area contributed by atoms with Gasteiger partial charge in [-0.05, 0) is 31.5 Å². The van der Waals surface area contributed by atoms with Crippen LogP contribution in [0.5, 0.6) is 0 Å². The molecule has 16 heavy (non-hydrogen) atoms. The maximum absolute atomic E-state index is 11.1. The second kappa shape index (κ2) is 3.59. The summed E-state index contributed by atoms with van der Waals surface area (Å²) in [5, 5.41) is 10.2. The Morgan fingerprint density at radius 2 is 2.06 bits per heavy atom. The predicted octanol–water partition coefficient (Wildman–Crippen LogP) is 2.60. The lowest BCUT2D eigenvalue weighted by Gasteiger charge is -2.19. The van der Waals surface area contributed by atoms with E-state index >= 15 is 0 Å². The number of carboxylic acid groups (broad SMARTS) is 1. The van der Waals surface area contributed by atoms with Crippen molar-refractivity contribution in [2.45, 2.75) is 19.3 Å². The average Bonchev–Trinajstić information content (AvgIpc) is 2.28. The fourth-order valence-corrected chi connectivity index (χ4v) is 1.58. The summed E-state index contributed by atoms with van der Waals surface area (Å²) in [6, 6.07) is 9.41. The van der Waals surface area contributed by atoms with Crippen LogP contribution in [0, 0.1) is 0 Å². The lowest BCUT2D eigenvalue weighted by Crippen LogP contribution is -2.28. The normalized spacial score (nSPS) is 11.6. The van der Waals surface area contributed by atoms with E-state index in [4.69, 9.17) is 5.11 Å². The number of carboxylic acids is 1. The van der Waals surface area contributed by atoms with E-state index in [9.17, 15) is 4.79 Å². The molecule has 0 spiro atoms. The largest absolute Gasteiger partial charge is 0.481 e. The highest BCUT2D eigenvalue weighted by Crippen LogP contribution is 2.26. The summed E-state index contributed by atoms with van der Waals surface area (Å²) in [6.45, 7) is 3.39. The van der Waals surface area contributed by atoms with Crippen molar-refractivity contribution in [3.63, 3.8) is 0 Å². The number of aliphatic carboxylic acids is 1. The molecule has 2 aromatic rings. The number of hydrogen-bond acceptors (Lipinski definition) is 2. The van der Waals surface area contributed by atoms with E-state index in [0.29, 0.717) is 0 Å². The molecule has 0 amide bonds. The molecule has 1 heterocycles. The molecule has 0 radical (unpaired) electrons. The molecule has 0 saturated carbocycles. The molecule has 0 aliphatic rings. The Kier molecular flexibility index (Phi) is 2.38. The lowest BCUT2D eigenvalue weighted by atomic mass is 9.84. The van der Waals surface area contributed by atoms with Crippen molar-refractivity contribution in [2.24, 2.45) is 0 Å². The number of nitrogens with zero attached hydrogens (tertiary/aromatic N) is 1. The van der Waals surface area contributed by atoms with Gasteiger partial charge in [0.1, 0.15) is 0 Å². The van der Waals surface area contributed by atoms with Crippen LogP contribution in [0.3, 0.4) is 0 Å². The maximum atomic E-state index is 11.1. The Labute approximate surface area is 93.7 Å². The number of fused-ring (bicyclic) bond motifs is 1. The minimum absolute atomic E-state index is 0.770. The molecular weight excluding hydrogens is 202 g/mol. The van der Waals surface area contributed by atoms with Crippen molar-refractivity contribution < 1.29 is 9.90 Å². The Morgan fingerprint density at radius 1 is 1.31 bits per heavy atom. The Bertz CT molecular complexity index is 546. The summed E-state index contributed by atoms with van der Waals surface area (Å²) in [6.07, 6.45) is 1.71. The second-order valence-corrected chi connectivity index (χ2v) is 4.34. The fraction of sp³-hybridized carbons (Fsp3) is 0.231. The van der Waals surface area contributed by atoms with Gasteiger partial charge in [0.05, 0.1) is 10.9 Å². The van der Waals surface area contributed by atoms with Gasteiger partial charge >= 0.3 is 5.97 Å². The minimum atomic E-state index is -0.883. The zero-order valence-corrected chi connectivity index (χ0v) is 9.27. The van der Waals surface area contributed by atoms with Gasteiger partial charge in [-0.1, -0.05) is 18.2 Å². The predicted molar refractivity (Wildman–Crippen MR) is 62.4 cm³/mol.